The van der Waals surface area contributed by atoms with Crippen molar-refractivity contribution in [3.05, 3.63) is 67.1 Å². The van der Waals surface area contributed by atoms with Crippen LogP contribution in [0.3, 0.4) is 0 Å². The van der Waals surface area contributed by atoms with E-state index in [9.17, 15) is 0 Å². The molecule has 2 fully saturated rings. The van der Waals surface area contributed by atoms with Crippen LogP contribution in [-0.2, 0) is 0 Å². The molecule has 1 aliphatic carbocycles. The van der Waals surface area contributed by atoms with Crippen LogP contribution in [0.5, 0.6) is 11.5 Å². The highest BCUT2D eigenvalue weighted by Crippen LogP contribution is 2.38. The topological polar surface area (TPSA) is 81.2 Å². The number of benzene rings is 2. The van der Waals surface area contributed by atoms with Gasteiger partial charge in [-0.15, -0.1) is 0 Å². The molecule has 0 amide bonds. The number of nitrogens with zero attached hydrogens (tertiary/aromatic N) is 4. The third-order valence-electron chi connectivity index (χ3n) is 7.09. The van der Waals surface area contributed by atoms with Crippen LogP contribution in [0.4, 0.5) is 5.82 Å². The number of ether oxygens (including phenoxy) is 1. The Morgan fingerprint density at radius 2 is 1.45 bits per heavy atom. The van der Waals surface area contributed by atoms with Gasteiger partial charge in [0.25, 0.3) is 0 Å². The van der Waals surface area contributed by atoms with Crippen molar-refractivity contribution in [3.63, 3.8) is 0 Å². The van der Waals surface area contributed by atoms with Gasteiger partial charge in [0.05, 0.1) is 5.39 Å². The number of fused-ring (bicyclic) bond motifs is 1. The number of aromatic nitrogens is 3. The molecule has 1 saturated carbocycles. The monoisotopic (exact) mass is 544 g/mol. The SMILES string of the molecule is CC.CC.CN1CCNCC1.Nc1ncnc2c1c(-c1ccc(Oc3ccccc3)cc1)cn2C1CCCCC1. The first-order valence-corrected chi connectivity index (χ1v) is 15.0. The van der Waals surface area contributed by atoms with Gasteiger partial charge >= 0.3 is 0 Å². The zero-order chi connectivity index (χ0) is 28.7. The summed E-state index contributed by atoms with van der Waals surface area (Å²) in [5.74, 6) is 2.16. The van der Waals surface area contributed by atoms with E-state index < -0.39 is 0 Å². The Kier molecular flexibility index (Phi) is 12.9. The molecule has 3 heterocycles. The summed E-state index contributed by atoms with van der Waals surface area (Å²) >= 11 is 0. The Labute approximate surface area is 240 Å². The highest BCUT2D eigenvalue weighted by Gasteiger charge is 2.22. The van der Waals surface area contributed by atoms with Crippen LogP contribution in [0.1, 0.15) is 65.8 Å². The summed E-state index contributed by atoms with van der Waals surface area (Å²) in [6.45, 7) is 12.7. The standard InChI is InChI=1S/C24H24N4O.C5H12N2.2C2H6/c25-23-22-21(15-28(24(22)27-16-26-23)18-7-3-1-4-8-18)17-11-13-20(14-12-17)29-19-9-5-2-6-10-19;1-7-4-2-6-3-5-7;2*1-2/h2,5-6,9-16,18H,1,3-4,7-8H2,(H2,25,26,27);6H,2-5H2,1H3;2*1-2H3. The maximum Gasteiger partial charge on any atom is 0.146 e. The summed E-state index contributed by atoms with van der Waals surface area (Å²) in [5.41, 5.74) is 9.38. The molecule has 3 N–H and O–H groups in total. The van der Waals surface area contributed by atoms with E-state index in [0.717, 1.165) is 46.7 Å². The fourth-order valence-corrected chi connectivity index (χ4v) is 5.07. The molecule has 216 valence electrons. The van der Waals surface area contributed by atoms with Crippen LogP contribution in [0.15, 0.2) is 67.1 Å². The highest BCUT2D eigenvalue weighted by atomic mass is 16.5. The fourth-order valence-electron chi connectivity index (χ4n) is 5.07. The molecular formula is C33H48N6O. The summed E-state index contributed by atoms with van der Waals surface area (Å²) in [5, 5.41) is 4.21. The summed E-state index contributed by atoms with van der Waals surface area (Å²) in [6.07, 6.45) is 10.0. The zero-order valence-corrected chi connectivity index (χ0v) is 25.1. The summed E-state index contributed by atoms with van der Waals surface area (Å²) in [7, 11) is 2.15. The highest BCUT2D eigenvalue weighted by molar-refractivity contribution is 6.00. The van der Waals surface area contributed by atoms with Crippen molar-refractivity contribution >= 4 is 16.9 Å². The lowest BCUT2D eigenvalue weighted by atomic mass is 9.95. The van der Waals surface area contributed by atoms with Crippen LogP contribution >= 0.6 is 0 Å². The van der Waals surface area contributed by atoms with E-state index in [2.05, 4.69) is 50.1 Å². The Hall–Kier alpha value is -3.42. The lowest BCUT2D eigenvalue weighted by Gasteiger charge is -2.23. The van der Waals surface area contributed by atoms with E-state index in [1.165, 1.54) is 45.2 Å². The average molecular weight is 545 g/mol. The number of nitrogens with one attached hydrogen (secondary N) is 1. The molecule has 7 heteroatoms. The maximum absolute atomic E-state index is 6.28. The largest absolute Gasteiger partial charge is 0.457 e. The lowest BCUT2D eigenvalue weighted by Crippen LogP contribution is -2.40. The summed E-state index contributed by atoms with van der Waals surface area (Å²) in [4.78, 5) is 11.2. The Balaban J connectivity index is 0.000000343. The van der Waals surface area contributed by atoms with Crippen LogP contribution in [0.2, 0.25) is 0 Å². The smallest absolute Gasteiger partial charge is 0.146 e. The first-order chi connectivity index (χ1) is 19.7. The van der Waals surface area contributed by atoms with Crippen molar-refractivity contribution in [1.29, 1.82) is 0 Å². The molecule has 1 aliphatic heterocycles. The van der Waals surface area contributed by atoms with Gasteiger partial charge in [0, 0.05) is 44.0 Å². The Bertz CT molecular complexity index is 1240. The Morgan fingerprint density at radius 3 is 2.05 bits per heavy atom. The van der Waals surface area contributed by atoms with Gasteiger partial charge in [0.2, 0.25) is 0 Å². The maximum atomic E-state index is 6.28. The van der Waals surface area contributed by atoms with Gasteiger partial charge < -0.3 is 25.3 Å². The first-order valence-electron chi connectivity index (χ1n) is 15.0. The van der Waals surface area contributed by atoms with Crippen molar-refractivity contribution < 1.29 is 4.74 Å². The van der Waals surface area contributed by atoms with Crippen LogP contribution < -0.4 is 15.8 Å². The molecule has 0 bridgehead atoms. The van der Waals surface area contributed by atoms with E-state index in [4.69, 9.17) is 10.5 Å². The molecule has 6 rings (SSSR count). The number of rotatable bonds is 4. The van der Waals surface area contributed by atoms with Gasteiger partial charge in [-0.05, 0) is 49.7 Å². The van der Waals surface area contributed by atoms with Gasteiger partial charge in [-0.1, -0.05) is 77.3 Å². The van der Waals surface area contributed by atoms with Gasteiger partial charge in [0.15, 0.2) is 0 Å². The zero-order valence-electron chi connectivity index (χ0n) is 25.1. The molecular weight excluding hydrogens is 496 g/mol. The molecule has 1 saturated heterocycles. The van der Waals surface area contributed by atoms with Crippen LogP contribution in [0, 0.1) is 0 Å². The van der Waals surface area contributed by atoms with E-state index in [-0.39, 0.29) is 0 Å². The van der Waals surface area contributed by atoms with Crippen molar-refractivity contribution in [3.8, 4) is 22.6 Å². The van der Waals surface area contributed by atoms with Gasteiger partial charge in [-0.3, -0.25) is 0 Å². The predicted molar refractivity (Wildman–Crippen MR) is 169 cm³/mol. The number of nitrogens with two attached hydrogens (primary N) is 1. The molecule has 7 nitrogen and oxygen atoms in total. The molecule has 0 spiro atoms. The fraction of sp³-hybridized carbons (Fsp3) is 0.455. The second-order valence-electron chi connectivity index (χ2n) is 9.69. The summed E-state index contributed by atoms with van der Waals surface area (Å²) < 4.78 is 8.24. The van der Waals surface area contributed by atoms with Crippen molar-refractivity contribution in [2.45, 2.75) is 65.8 Å². The number of anilines is 1. The van der Waals surface area contributed by atoms with Gasteiger partial charge in [0.1, 0.15) is 29.3 Å². The number of nitrogen functional groups attached to an aromatic ring is 1. The lowest BCUT2D eigenvalue weighted by molar-refractivity contribution is 0.291. The third kappa shape index (κ3) is 8.29. The van der Waals surface area contributed by atoms with E-state index >= 15 is 0 Å². The number of hydrogen-bond donors (Lipinski definition) is 2. The second kappa shape index (κ2) is 16.6. The normalized spacial score (nSPS) is 15.5. The van der Waals surface area contributed by atoms with Crippen molar-refractivity contribution in [1.82, 2.24) is 24.8 Å². The van der Waals surface area contributed by atoms with E-state index in [0.29, 0.717) is 11.9 Å². The number of piperazine rings is 1. The van der Waals surface area contributed by atoms with Crippen molar-refractivity contribution in [2.24, 2.45) is 0 Å². The molecule has 4 aromatic rings. The van der Waals surface area contributed by atoms with Crippen molar-refractivity contribution in [2.75, 3.05) is 39.0 Å². The van der Waals surface area contributed by atoms with Gasteiger partial charge in [-0.2, -0.15) is 0 Å². The van der Waals surface area contributed by atoms with E-state index in [1.54, 1.807) is 6.33 Å². The molecule has 2 aliphatic rings. The molecule has 0 radical (unpaired) electrons. The molecule has 2 aromatic carbocycles. The first kappa shape index (κ1) is 31.1. The molecule has 2 aromatic heterocycles. The number of hydrogen-bond acceptors (Lipinski definition) is 6. The minimum absolute atomic E-state index is 0.481. The minimum atomic E-state index is 0.481. The van der Waals surface area contributed by atoms with E-state index in [1.807, 2.05) is 70.2 Å². The predicted octanol–water partition coefficient (Wildman–Crippen LogP) is 7.55. The quantitative estimate of drug-likeness (QED) is 0.276. The molecule has 40 heavy (non-hydrogen) atoms. The molecule has 0 atom stereocenters. The summed E-state index contributed by atoms with van der Waals surface area (Å²) in [6, 6.07) is 18.4. The molecule has 0 unspecified atom stereocenters. The van der Waals surface area contributed by atoms with Gasteiger partial charge in [-0.25, -0.2) is 9.97 Å². The third-order valence-corrected chi connectivity index (χ3v) is 7.09. The average Bonchev–Trinajstić information content (AvgIpc) is 3.42. The van der Waals surface area contributed by atoms with Crippen LogP contribution in [-0.4, -0.2) is 52.7 Å². The number of likely N-dealkylation sites (N-methyl/N-ethyl adjacent to an activating group) is 1. The second-order valence-corrected chi connectivity index (χ2v) is 9.69. The minimum Gasteiger partial charge on any atom is -0.457 e. The Morgan fingerprint density at radius 1 is 0.825 bits per heavy atom. The number of para-hydroxylation sites is 1. The van der Waals surface area contributed by atoms with Crippen LogP contribution in [0.25, 0.3) is 22.2 Å².